The van der Waals surface area contributed by atoms with Gasteiger partial charge in [0, 0.05) is 24.9 Å². The van der Waals surface area contributed by atoms with Crippen LogP contribution >= 0.6 is 24.0 Å². The zero-order chi connectivity index (χ0) is 21.5. The smallest absolute Gasteiger partial charge is 0.191 e. The summed E-state index contributed by atoms with van der Waals surface area (Å²) in [6.45, 7) is 10.3. The maximum absolute atomic E-state index is 13.7. The molecule has 0 bridgehead atoms. The molecule has 1 aliphatic rings. The SMILES string of the molecule is CCNC(=NCc1cc(F)ccc1CS(C)(=O)=O)NCC(C)(C)N1CCCCC1.I. The van der Waals surface area contributed by atoms with Crippen molar-refractivity contribution in [2.75, 3.05) is 32.4 Å². The van der Waals surface area contributed by atoms with Crippen LogP contribution in [0, 0.1) is 5.82 Å². The van der Waals surface area contributed by atoms with Crippen molar-refractivity contribution in [3.8, 4) is 0 Å². The number of halogens is 2. The topological polar surface area (TPSA) is 73.8 Å². The van der Waals surface area contributed by atoms with Gasteiger partial charge >= 0.3 is 0 Å². The second-order valence-corrected chi connectivity index (χ2v) is 10.5. The minimum Gasteiger partial charge on any atom is -0.357 e. The monoisotopic (exact) mass is 554 g/mol. The minimum atomic E-state index is -3.21. The number of nitrogens with one attached hydrogen (secondary N) is 2. The fraction of sp³-hybridized carbons (Fsp3) is 0.667. The van der Waals surface area contributed by atoms with Crippen molar-refractivity contribution in [3.63, 3.8) is 0 Å². The van der Waals surface area contributed by atoms with Crippen molar-refractivity contribution >= 4 is 39.8 Å². The Morgan fingerprint density at radius 3 is 2.43 bits per heavy atom. The third-order valence-electron chi connectivity index (χ3n) is 5.24. The van der Waals surface area contributed by atoms with Crippen LogP contribution in [0.15, 0.2) is 23.2 Å². The maximum atomic E-state index is 13.7. The summed E-state index contributed by atoms with van der Waals surface area (Å²) in [5.74, 6) is 0.133. The summed E-state index contributed by atoms with van der Waals surface area (Å²) in [6.07, 6.45) is 4.95. The van der Waals surface area contributed by atoms with E-state index in [9.17, 15) is 12.8 Å². The molecular formula is C21H36FIN4O2S. The van der Waals surface area contributed by atoms with Gasteiger partial charge in [-0.05, 0) is 70.0 Å². The number of rotatable bonds is 8. The highest BCUT2D eigenvalue weighted by molar-refractivity contribution is 14.0. The van der Waals surface area contributed by atoms with Crippen LogP contribution in [0.1, 0.15) is 51.2 Å². The molecule has 1 saturated heterocycles. The molecule has 1 aromatic rings. The first-order chi connectivity index (χ1) is 13.6. The molecule has 0 saturated carbocycles. The van der Waals surface area contributed by atoms with Crippen LogP contribution in [0.5, 0.6) is 0 Å². The molecule has 9 heteroatoms. The molecule has 30 heavy (non-hydrogen) atoms. The predicted molar refractivity (Wildman–Crippen MR) is 133 cm³/mol. The van der Waals surface area contributed by atoms with Crippen LogP contribution in [0.3, 0.4) is 0 Å². The Balaban J connectivity index is 0.00000450. The first kappa shape index (κ1) is 27.1. The third kappa shape index (κ3) is 9.05. The molecule has 1 heterocycles. The van der Waals surface area contributed by atoms with Gasteiger partial charge in [0.25, 0.3) is 0 Å². The quantitative estimate of drug-likeness (QED) is 0.293. The second-order valence-electron chi connectivity index (χ2n) is 8.39. The number of hydrogen-bond acceptors (Lipinski definition) is 4. The Morgan fingerprint density at radius 1 is 1.17 bits per heavy atom. The van der Waals surface area contributed by atoms with E-state index in [1.807, 2.05) is 6.92 Å². The van der Waals surface area contributed by atoms with E-state index < -0.39 is 15.7 Å². The zero-order valence-corrected chi connectivity index (χ0v) is 21.6. The maximum Gasteiger partial charge on any atom is 0.191 e. The molecule has 2 rings (SSSR count). The third-order valence-corrected chi connectivity index (χ3v) is 6.07. The summed E-state index contributed by atoms with van der Waals surface area (Å²) in [4.78, 5) is 7.08. The van der Waals surface area contributed by atoms with Crippen LogP contribution in [0.25, 0.3) is 0 Å². The van der Waals surface area contributed by atoms with E-state index in [-0.39, 0.29) is 41.8 Å². The number of hydrogen-bond donors (Lipinski definition) is 2. The molecule has 0 amide bonds. The van der Waals surface area contributed by atoms with Crippen molar-refractivity contribution in [1.82, 2.24) is 15.5 Å². The molecule has 0 atom stereocenters. The Bertz CT molecular complexity index is 809. The highest BCUT2D eigenvalue weighted by Crippen LogP contribution is 2.20. The van der Waals surface area contributed by atoms with Crippen LogP contribution in [0.4, 0.5) is 4.39 Å². The molecule has 0 spiro atoms. The van der Waals surface area contributed by atoms with Gasteiger partial charge in [-0.3, -0.25) is 4.90 Å². The van der Waals surface area contributed by atoms with Gasteiger partial charge < -0.3 is 10.6 Å². The van der Waals surface area contributed by atoms with Gasteiger partial charge in [-0.1, -0.05) is 12.5 Å². The van der Waals surface area contributed by atoms with Gasteiger partial charge in [-0.25, -0.2) is 17.8 Å². The van der Waals surface area contributed by atoms with Gasteiger partial charge in [0.15, 0.2) is 15.8 Å². The molecule has 0 radical (unpaired) electrons. The number of piperidine rings is 1. The van der Waals surface area contributed by atoms with Crippen LogP contribution in [-0.4, -0.2) is 57.3 Å². The summed E-state index contributed by atoms with van der Waals surface area (Å²) >= 11 is 0. The molecule has 0 aliphatic carbocycles. The number of likely N-dealkylation sites (tertiary alicyclic amines) is 1. The van der Waals surface area contributed by atoms with Gasteiger partial charge in [-0.15, -0.1) is 24.0 Å². The number of nitrogens with zero attached hydrogens (tertiary/aromatic N) is 2. The van der Waals surface area contributed by atoms with Gasteiger partial charge in [0.2, 0.25) is 0 Å². The Morgan fingerprint density at radius 2 is 1.83 bits per heavy atom. The Labute approximate surface area is 198 Å². The minimum absolute atomic E-state index is 0. The molecule has 0 unspecified atom stereocenters. The lowest BCUT2D eigenvalue weighted by atomic mass is 9.98. The van der Waals surface area contributed by atoms with Gasteiger partial charge in [0.05, 0.1) is 12.3 Å². The highest BCUT2D eigenvalue weighted by atomic mass is 127. The fourth-order valence-corrected chi connectivity index (χ4v) is 4.43. The molecule has 172 valence electrons. The molecule has 1 aromatic carbocycles. The zero-order valence-electron chi connectivity index (χ0n) is 18.5. The molecule has 1 fully saturated rings. The second kappa shape index (κ2) is 12.2. The first-order valence-corrected chi connectivity index (χ1v) is 12.4. The number of benzene rings is 1. The normalized spacial score (nSPS) is 16.1. The molecule has 1 aliphatic heterocycles. The average molecular weight is 555 g/mol. The lowest BCUT2D eigenvalue weighted by Crippen LogP contribution is -2.54. The summed E-state index contributed by atoms with van der Waals surface area (Å²) in [5, 5.41) is 6.62. The summed E-state index contributed by atoms with van der Waals surface area (Å²) in [6, 6.07) is 4.19. The lowest BCUT2D eigenvalue weighted by Gasteiger charge is -2.41. The Hall–Kier alpha value is -0.940. The van der Waals surface area contributed by atoms with E-state index >= 15 is 0 Å². The van der Waals surface area contributed by atoms with Crippen LogP contribution < -0.4 is 10.6 Å². The van der Waals surface area contributed by atoms with Crippen LogP contribution in [-0.2, 0) is 22.1 Å². The van der Waals surface area contributed by atoms with Crippen molar-refractivity contribution in [2.45, 2.75) is 57.9 Å². The summed E-state index contributed by atoms with van der Waals surface area (Å²) in [5.41, 5.74) is 1.17. The molecule has 2 N–H and O–H groups in total. The number of guanidine groups is 1. The number of aliphatic imine (C=N–C) groups is 1. The standard InChI is InChI=1S/C21H35FN4O2S.HI/c1-5-23-20(25-16-21(2,3)26-11-7-6-8-12-26)24-14-18-13-19(22)10-9-17(18)15-29(4,27)28;/h9-10,13H,5-8,11-12,14-16H2,1-4H3,(H2,23,24,25);1H. The van der Waals surface area contributed by atoms with Gasteiger partial charge in [-0.2, -0.15) is 0 Å². The average Bonchev–Trinajstić information content (AvgIpc) is 2.65. The Kier molecular flexibility index (Phi) is 11.0. The fourth-order valence-electron chi connectivity index (χ4n) is 3.58. The van der Waals surface area contributed by atoms with Crippen molar-refractivity contribution in [3.05, 3.63) is 35.1 Å². The van der Waals surface area contributed by atoms with E-state index in [1.54, 1.807) is 0 Å². The largest absolute Gasteiger partial charge is 0.357 e. The van der Waals surface area contributed by atoms with Gasteiger partial charge in [0.1, 0.15) is 5.82 Å². The number of sulfone groups is 1. The van der Waals surface area contributed by atoms with E-state index in [2.05, 4.69) is 34.4 Å². The van der Waals surface area contributed by atoms with Crippen molar-refractivity contribution in [1.29, 1.82) is 0 Å². The van der Waals surface area contributed by atoms with Crippen LogP contribution in [0.2, 0.25) is 0 Å². The van der Waals surface area contributed by atoms with E-state index in [1.165, 1.54) is 43.7 Å². The van der Waals surface area contributed by atoms with E-state index in [0.29, 0.717) is 23.6 Å². The van der Waals surface area contributed by atoms with Crippen molar-refractivity contribution in [2.24, 2.45) is 4.99 Å². The van der Waals surface area contributed by atoms with E-state index in [4.69, 9.17) is 0 Å². The summed E-state index contributed by atoms with van der Waals surface area (Å²) < 4.78 is 37.1. The highest BCUT2D eigenvalue weighted by Gasteiger charge is 2.27. The van der Waals surface area contributed by atoms with Crippen molar-refractivity contribution < 1.29 is 12.8 Å². The molecule has 6 nitrogen and oxygen atoms in total. The molecular weight excluding hydrogens is 518 g/mol. The lowest BCUT2D eigenvalue weighted by molar-refractivity contribution is 0.0982. The summed E-state index contributed by atoms with van der Waals surface area (Å²) in [7, 11) is -3.21. The van der Waals surface area contributed by atoms with E-state index in [0.717, 1.165) is 19.6 Å². The first-order valence-electron chi connectivity index (χ1n) is 10.3. The molecule has 0 aromatic heterocycles. The predicted octanol–water partition coefficient (Wildman–Crippen LogP) is 3.31.